The number of alkyl halides is 5. The monoisotopic (exact) mass is 304 g/mol. The van der Waals surface area contributed by atoms with Gasteiger partial charge in [-0.2, -0.15) is 13.2 Å². The van der Waals surface area contributed by atoms with Gasteiger partial charge in [0.05, 0.1) is 5.56 Å². The second-order valence-corrected chi connectivity index (χ2v) is 3.70. The van der Waals surface area contributed by atoms with Crippen molar-refractivity contribution in [3.63, 3.8) is 0 Å². The Labute approximate surface area is 95.8 Å². The number of hydrogen-bond donors (Lipinski definition) is 1. The van der Waals surface area contributed by atoms with E-state index in [2.05, 4.69) is 20.9 Å². The van der Waals surface area contributed by atoms with Crippen molar-refractivity contribution in [3.8, 4) is 0 Å². The van der Waals surface area contributed by atoms with Crippen LogP contribution in [0.3, 0.4) is 0 Å². The van der Waals surface area contributed by atoms with E-state index in [0.717, 1.165) is 6.20 Å². The number of pyridine rings is 1. The van der Waals surface area contributed by atoms with Gasteiger partial charge in [-0.05, 0) is 21.5 Å². The minimum absolute atomic E-state index is 0.0354. The van der Waals surface area contributed by atoms with E-state index in [1.54, 1.807) is 0 Å². The van der Waals surface area contributed by atoms with E-state index in [0.29, 0.717) is 0 Å². The molecule has 1 aromatic heterocycles. The predicted molar refractivity (Wildman–Crippen MR) is 49.8 cm³/mol. The number of nitrogens with zero attached hydrogens (tertiary/aromatic N) is 1. The minimum Gasteiger partial charge on any atom is -0.326 e. The van der Waals surface area contributed by atoms with E-state index in [1.807, 2.05) is 0 Å². The lowest BCUT2D eigenvalue weighted by atomic mass is 10.1. The van der Waals surface area contributed by atoms with Gasteiger partial charge in [-0.3, -0.25) is 4.98 Å². The van der Waals surface area contributed by atoms with Crippen molar-refractivity contribution in [3.05, 3.63) is 27.5 Å². The van der Waals surface area contributed by atoms with Crippen molar-refractivity contribution < 1.29 is 22.0 Å². The maximum Gasteiger partial charge on any atom is 0.418 e. The average molecular weight is 305 g/mol. The van der Waals surface area contributed by atoms with Gasteiger partial charge >= 0.3 is 6.18 Å². The number of nitrogens with two attached hydrogens (primary N) is 1. The van der Waals surface area contributed by atoms with Gasteiger partial charge < -0.3 is 5.73 Å². The molecule has 0 saturated heterocycles. The summed E-state index contributed by atoms with van der Waals surface area (Å²) in [5.41, 5.74) is 1.94. The third-order valence-electron chi connectivity index (χ3n) is 1.86. The van der Waals surface area contributed by atoms with Crippen LogP contribution in [0.1, 0.15) is 23.2 Å². The maximum absolute atomic E-state index is 12.6. The Morgan fingerprint density at radius 3 is 2.31 bits per heavy atom. The summed E-state index contributed by atoms with van der Waals surface area (Å²) in [6.45, 7) is -0.502. The van der Waals surface area contributed by atoms with Gasteiger partial charge in [0.2, 0.25) is 0 Å². The van der Waals surface area contributed by atoms with E-state index < -0.39 is 36.0 Å². The van der Waals surface area contributed by atoms with Crippen molar-refractivity contribution in [1.29, 1.82) is 0 Å². The van der Waals surface area contributed by atoms with Crippen LogP contribution < -0.4 is 5.73 Å². The maximum atomic E-state index is 12.6. The topological polar surface area (TPSA) is 38.9 Å². The quantitative estimate of drug-likeness (QED) is 0.852. The standard InChI is InChI=1S/C8H6BrF5N2/c9-4-2-16-6(7(10)11)5(3(4)1-15)8(12,13)14/h2,7H,1,15H2. The highest BCUT2D eigenvalue weighted by molar-refractivity contribution is 9.10. The summed E-state index contributed by atoms with van der Waals surface area (Å²) in [5.74, 6) is 0. The summed E-state index contributed by atoms with van der Waals surface area (Å²) in [6, 6.07) is 0. The van der Waals surface area contributed by atoms with E-state index in [-0.39, 0.29) is 4.47 Å². The minimum atomic E-state index is -4.91. The van der Waals surface area contributed by atoms with Crippen molar-refractivity contribution in [1.82, 2.24) is 4.98 Å². The van der Waals surface area contributed by atoms with Crippen LogP contribution in [0.4, 0.5) is 22.0 Å². The van der Waals surface area contributed by atoms with Crippen LogP contribution in [-0.4, -0.2) is 4.98 Å². The van der Waals surface area contributed by atoms with E-state index in [1.165, 1.54) is 0 Å². The molecule has 8 heteroatoms. The first-order valence-electron chi connectivity index (χ1n) is 4.01. The Morgan fingerprint density at radius 2 is 1.94 bits per heavy atom. The predicted octanol–water partition coefficient (Wildman–Crippen LogP) is 3.26. The highest BCUT2D eigenvalue weighted by atomic mass is 79.9. The Kier molecular flexibility index (Phi) is 3.84. The normalized spacial score (nSPS) is 12.2. The van der Waals surface area contributed by atoms with E-state index in [9.17, 15) is 22.0 Å². The van der Waals surface area contributed by atoms with Crippen LogP contribution in [-0.2, 0) is 12.7 Å². The molecular weight excluding hydrogens is 299 g/mol. The van der Waals surface area contributed by atoms with Crippen LogP contribution in [0.5, 0.6) is 0 Å². The van der Waals surface area contributed by atoms with Crippen molar-refractivity contribution in [2.24, 2.45) is 5.73 Å². The lowest BCUT2D eigenvalue weighted by molar-refractivity contribution is -0.140. The molecule has 0 unspecified atom stereocenters. The smallest absolute Gasteiger partial charge is 0.326 e. The van der Waals surface area contributed by atoms with Crippen molar-refractivity contribution in [2.45, 2.75) is 19.1 Å². The molecule has 0 bridgehead atoms. The SMILES string of the molecule is NCc1c(Br)cnc(C(F)F)c1C(F)(F)F. The number of halogens is 6. The summed E-state index contributed by atoms with van der Waals surface area (Å²) in [5, 5.41) is 0. The fraction of sp³-hybridized carbons (Fsp3) is 0.375. The molecule has 2 nitrogen and oxygen atoms in total. The van der Waals surface area contributed by atoms with Gasteiger partial charge in [-0.25, -0.2) is 8.78 Å². The third kappa shape index (κ3) is 2.49. The van der Waals surface area contributed by atoms with Crippen LogP contribution >= 0.6 is 15.9 Å². The first-order chi connectivity index (χ1) is 7.29. The van der Waals surface area contributed by atoms with Gasteiger partial charge in [0.1, 0.15) is 5.69 Å². The average Bonchev–Trinajstić information content (AvgIpc) is 2.15. The zero-order valence-corrected chi connectivity index (χ0v) is 9.24. The van der Waals surface area contributed by atoms with Crippen molar-refractivity contribution >= 4 is 15.9 Å². The fourth-order valence-electron chi connectivity index (χ4n) is 1.22. The molecule has 90 valence electrons. The lowest BCUT2D eigenvalue weighted by Gasteiger charge is -2.16. The van der Waals surface area contributed by atoms with Gasteiger partial charge in [-0.1, -0.05) is 0 Å². The van der Waals surface area contributed by atoms with E-state index in [4.69, 9.17) is 5.73 Å². The van der Waals surface area contributed by atoms with Crippen LogP contribution in [0.2, 0.25) is 0 Å². The number of rotatable bonds is 2. The molecule has 0 amide bonds. The number of aromatic nitrogens is 1. The largest absolute Gasteiger partial charge is 0.418 e. The lowest BCUT2D eigenvalue weighted by Crippen LogP contribution is -2.17. The van der Waals surface area contributed by atoms with Crippen LogP contribution in [0.25, 0.3) is 0 Å². The van der Waals surface area contributed by atoms with Crippen molar-refractivity contribution in [2.75, 3.05) is 0 Å². The Morgan fingerprint density at radius 1 is 1.38 bits per heavy atom. The molecule has 1 heterocycles. The summed E-state index contributed by atoms with van der Waals surface area (Å²) in [6.07, 6.45) is -7.31. The summed E-state index contributed by atoms with van der Waals surface area (Å²) in [4.78, 5) is 3.08. The number of hydrogen-bond acceptors (Lipinski definition) is 2. The van der Waals surface area contributed by atoms with E-state index >= 15 is 0 Å². The van der Waals surface area contributed by atoms with Gasteiger partial charge in [0.25, 0.3) is 6.43 Å². The molecule has 0 saturated carbocycles. The molecule has 16 heavy (non-hydrogen) atoms. The molecule has 0 aliphatic carbocycles. The van der Waals surface area contributed by atoms with Crippen LogP contribution in [0.15, 0.2) is 10.7 Å². The molecule has 0 radical (unpaired) electrons. The zero-order chi connectivity index (χ0) is 12.5. The molecule has 0 aliphatic heterocycles. The molecule has 0 spiro atoms. The van der Waals surface area contributed by atoms with Crippen LogP contribution in [0, 0.1) is 0 Å². The molecule has 0 aliphatic rings. The van der Waals surface area contributed by atoms with Gasteiger partial charge in [0, 0.05) is 17.2 Å². The molecule has 2 N–H and O–H groups in total. The second kappa shape index (κ2) is 4.62. The Bertz CT molecular complexity index is 391. The molecule has 0 aromatic carbocycles. The third-order valence-corrected chi connectivity index (χ3v) is 2.54. The molecule has 0 atom stereocenters. The summed E-state index contributed by atoms with van der Waals surface area (Å²) >= 11 is 2.80. The zero-order valence-electron chi connectivity index (χ0n) is 7.65. The summed E-state index contributed by atoms with van der Waals surface area (Å²) < 4.78 is 62.5. The second-order valence-electron chi connectivity index (χ2n) is 2.85. The molecule has 1 aromatic rings. The Balaban J connectivity index is 3.54. The Hall–Kier alpha value is -0.760. The van der Waals surface area contributed by atoms with Gasteiger partial charge in [0.15, 0.2) is 0 Å². The highest BCUT2D eigenvalue weighted by Crippen LogP contribution is 2.39. The molecular formula is C8H6BrF5N2. The first-order valence-corrected chi connectivity index (χ1v) is 4.81. The first kappa shape index (κ1) is 13.3. The highest BCUT2D eigenvalue weighted by Gasteiger charge is 2.39. The summed E-state index contributed by atoms with van der Waals surface area (Å²) in [7, 11) is 0. The fourth-order valence-corrected chi connectivity index (χ4v) is 1.69. The molecule has 0 fully saturated rings. The molecule has 1 rings (SSSR count). The van der Waals surface area contributed by atoms with Gasteiger partial charge in [-0.15, -0.1) is 0 Å².